The minimum atomic E-state index is -4.40. The minimum absolute atomic E-state index is 0.0258. The van der Waals surface area contributed by atoms with Crippen LogP contribution in [-0.2, 0) is 32.7 Å². The van der Waals surface area contributed by atoms with E-state index in [1.807, 2.05) is 21.1 Å². The number of unbranched alkanes of at least 4 members (excludes halogenated alkanes) is 28. The van der Waals surface area contributed by atoms with Crippen LogP contribution in [0.25, 0.3) is 0 Å². The molecular formula is C80H137NO8P+. The maximum absolute atomic E-state index is 12.9. The molecule has 0 saturated carbocycles. The number of quaternary nitrogens is 1. The van der Waals surface area contributed by atoms with Crippen LogP contribution < -0.4 is 0 Å². The summed E-state index contributed by atoms with van der Waals surface area (Å²) in [4.78, 5) is 35.9. The highest BCUT2D eigenvalue weighted by Crippen LogP contribution is 2.43. The number of hydrogen-bond acceptors (Lipinski definition) is 7. The van der Waals surface area contributed by atoms with Crippen molar-refractivity contribution in [1.29, 1.82) is 0 Å². The van der Waals surface area contributed by atoms with Gasteiger partial charge in [0.2, 0.25) is 0 Å². The van der Waals surface area contributed by atoms with E-state index in [1.165, 1.54) is 141 Å². The normalized spacial score (nSPS) is 14.0. The fourth-order valence-electron chi connectivity index (χ4n) is 9.85. The Hall–Kier alpha value is -4.11. The molecule has 10 heteroatoms. The Balaban J connectivity index is 4.06. The third-order valence-corrected chi connectivity index (χ3v) is 16.3. The first-order chi connectivity index (χ1) is 44.0. The van der Waals surface area contributed by atoms with Crippen molar-refractivity contribution in [3.8, 4) is 0 Å². The fourth-order valence-corrected chi connectivity index (χ4v) is 10.6. The lowest BCUT2D eigenvalue weighted by molar-refractivity contribution is -0.870. The van der Waals surface area contributed by atoms with Gasteiger partial charge in [0.1, 0.15) is 19.8 Å². The fraction of sp³-hybridized carbons (Fsp3) is 0.675. The lowest BCUT2D eigenvalue weighted by Gasteiger charge is -2.24. The van der Waals surface area contributed by atoms with E-state index in [-0.39, 0.29) is 32.0 Å². The van der Waals surface area contributed by atoms with E-state index in [0.29, 0.717) is 17.4 Å². The van der Waals surface area contributed by atoms with E-state index >= 15 is 0 Å². The first-order valence-corrected chi connectivity index (χ1v) is 38.1. The highest BCUT2D eigenvalue weighted by molar-refractivity contribution is 7.47. The number of carbonyl (C=O) groups is 2. The molecule has 0 aromatic carbocycles. The van der Waals surface area contributed by atoms with Crippen molar-refractivity contribution in [3.05, 3.63) is 146 Å². The van der Waals surface area contributed by atoms with Crippen molar-refractivity contribution >= 4 is 19.8 Å². The summed E-state index contributed by atoms with van der Waals surface area (Å²) in [6, 6.07) is 0. The molecule has 514 valence electrons. The van der Waals surface area contributed by atoms with Gasteiger partial charge in [-0.2, -0.15) is 0 Å². The average molecular weight is 1270 g/mol. The molecule has 1 N–H and O–H groups in total. The molecule has 9 nitrogen and oxygen atoms in total. The average Bonchev–Trinajstić information content (AvgIpc) is 3.58. The van der Waals surface area contributed by atoms with Crippen LogP contribution in [0.3, 0.4) is 0 Å². The molecule has 0 aliphatic heterocycles. The van der Waals surface area contributed by atoms with E-state index in [1.54, 1.807) is 0 Å². The second-order valence-corrected chi connectivity index (χ2v) is 26.7. The molecule has 0 aromatic heterocycles. The van der Waals surface area contributed by atoms with Crippen molar-refractivity contribution in [3.63, 3.8) is 0 Å². The molecule has 0 fully saturated rings. The molecule has 0 bridgehead atoms. The van der Waals surface area contributed by atoms with Crippen LogP contribution >= 0.6 is 7.82 Å². The van der Waals surface area contributed by atoms with Crippen LogP contribution in [0.2, 0.25) is 0 Å². The van der Waals surface area contributed by atoms with Crippen molar-refractivity contribution < 1.29 is 42.1 Å². The second kappa shape index (κ2) is 69.2. The molecule has 0 spiro atoms. The standard InChI is InChI=1S/C80H136NO8P/c1-6-8-10-12-14-16-18-20-22-24-26-28-30-32-34-36-38-40-42-44-46-48-50-52-54-56-58-60-62-64-66-68-70-72-79(82)86-76-78(77-88-90(84,85)87-75-74-81(3,4)5)89-80(83)73-71-69-67-65-63-61-59-57-55-53-51-49-47-45-43-41-39-37-35-33-31-29-27-25-23-21-19-17-15-13-11-9-7-2/h8-11,14-17,20-23,26-29,32-35,39,41,45,47,78H,6-7,12-13,18-19,24-25,30-31,36-38,40,42-44,46,48-77H2,1-5H3/p+1/b10-8-,11-9-,16-14-,17-15-,22-20-,23-21-,28-26-,29-27-,34-32-,35-33-,41-39-,47-45-. The molecule has 0 aromatic rings. The Kier molecular flexibility index (Phi) is 66.1. The molecule has 0 saturated heterocycles. The van der Waals surface area contributed by atoms with Gasteiger partial charge in [0.25, 0.3) is 0 Å². The molecule has 90 heavy (non-hydrogen) atoms. The molecule has 0 aliphatic rings. The quantitative estimate of drug-likeness (QED) is 0.0211. The summed E-state index contributed by atoms with van der Waals surface area (Å²) in [5.41, 5.74) is 0. The third kappa shape index (κ3) is 72.9. The number of carbonyl (C=O) groups excluding carboxylic acids is 2. The Morgan fingerprint density at radius 1 is 0.344 bits per heavy atom. The zero-order chi connectivity index (χ0) is 65.5. The Bertz CT molecular complexity index is 2030. The Morgan fingerprint density at radius 2 is 0.600 bits per heavy atom. The van der Waals surface area contributed by atoms with Crippen LogP contribution in [0.4, 0.5) is 0 Å². The van der Waals surface area contributed by atoms with Gasteiger partial charge in [-0.1, -0.05) is 314 Å². The molecule has 0 rings (SSSR count). The van der Waals surface area contributed by atoms with E-state index in [2.05, 4.69) is 160 Å². The van der Waals surface area contributed by atoms with Crippen molar-refractivity contribution in [1.82, 2.24) is 0 Å². The molecule has 2 atom stereocenters. The van der Waals surface area contributed by atoms with Crippen molar-refractivity contribution in [2.24, 2.45) is 0 Å². The number of hydrogen-bond donors (Lipinski definition) is 1. The van der Waals surface area contributed by atoms with E-state index in [0.717, 1.165) is 122 Å². The monoisotopic (exact) mass is 1270 g/mol. The van der Waals surface area contributed by atoms with Crippen molar-refractivity contribution in [2.75, 3.05) is 47.5 Å². The zero-order valence-electron chi connectivity index (χ0n) is 58.6. The number of rotatable bonds is 66. The second-order valence-electron chi connectivity index (χ2n) is 25.2. The maximum atomic E-state index is 12.9. The SMILES string of the molecule is CC/C=C\C/C=C\C/C=C\C/C=C\C/C=C\C/C=C\C/C=C\CCCCCCCCCCCCCC(=O)OC(COC(=O)CCCCCCCCCCCCCCCCCCC/C=C\C/C=C\C/C=C\C/C=C\C/C=C\CC)COP(=O)(O)OCC[N+](C)(C)C. The van der Waals surface area contributed by atoms with Gasteiger partial charge in [0, 0.05) is 12.8 Å². The lowest BCUT2D eigenvalue weighted by Crippen LogP contribution is -2.37. The largest absolute Gasteiger partial charge is 0.472 e. The minimum Gasteiger partial charge on any atom is -0.462 e. The molecule has 0 heterocycles. The number of allylic oxidation sites excluding steroid dienone is 24. The van der Waals surface area contributed by atoms with E-state index in [4.69, 9.17) is 18.5 Å². The molecule has 0 radical (unpaired) electrons. The van der Waals surface area contributed by atoms with Gasteiger partial charge in [-0.05, 0) is 116 Å². The van der Waals surface area contributed by atoms with Gasteiger partial charge < -0.3 is 18.9 Å². The summed E-state index contributed by atoms with van der Waals surface area (Å²) in [6.07, 6.45) is 102. The summed E-state index contributed by atoms with van der Waals surface area (Å²) in [7, 11) is 1.47. The Morgan fingerprint density at radius 3 is 0.889 bits per heavy atom. The number of esters is 2. The molecule has 2 unspecified atom stereocenters. The van der Waals surface area contributed by atoms with E-state index in [9.17, 15) is 19.0 Å². The Labute approximate surface area is 554 Å². The number of phosphoric acid groups is 1. The number of phosphoric ester groups is 1. The first-order valence-electron chi connectivity index (χ1n) is 36.6. The number of likely N-dealkylation sites (N-methyl/N-ethyl adjacent to an activating group) is 1. The summed E-state index contributed by atoms with van der Waals surface area (Å²) >= 11 is 0. The van der Waals surface area contributed by atoms with Gasteiger partial charge in [0.15, 0.2) is 6.10 Å². The van der Waals surface area contributed by atoms with Gasteiger partial charge >= 0.3 is 19.8 Å². The number of ether oxygens (including phenoxy) is 2. The summed E-state index contributed by atoms with van der Waals surface area (Å²) < 4.78 is 34.8. The zero-order valence-corrected chi connectivity index (χ0v) is 59.5. The van der Waals surface area contributed by atoms with Gasteiger partial charge in [-0.15, -0.1) is 0 Å². The highest BCUT2D eigenvalue weighted by Gasteiger charge is 2.27. The predicted octanol–water partition coefficient (Wildman–Crippen LogP) is 24.2. The summed E-state index contributed by atoms with van der Waals surface area (Å²) in [5, 5.41) is 0. The van der Waals surface area contributed by atoms with Gasteiger partial charge in [-0.3, -0.25) is 18.6 Å². The lowest BCUT2D eigenvalue weighted by atomic mass is 10.0. The molecular weight excluding hydrogens is 1130 g/mol. The summed E-state index contributed by atoms with van der Waals surface area (Å²) in [5.74, 6) is -0.799. The first kappa shape index (κ1) is 85.9. The highest BCUT2D eigenvalue weighted by atomic mass is 31.2. The van der Waals surface area contributed by atoms with E-state index < -0.39 is 26.5 Å². The third-order valence-electron chi connectivity index (χ3n) is 15.4. The van der Waals surface area contributed by atoms with Crippen molar-refractivity contribution in [2.45, 2.75) is 302 Å². The van der Waals surface area contributed by atoms with Gasteiger partial charge in [0.05, 0.1) is 27.7 Å². The van der Waals surface area contributed by atoms with Crippen LogP contribution in [0.15, 0.2) is 146 Å². The van der Waals surface area contributed by atoms with Gasteiger partial charge in [-0.25, -0.2) is 4.57 Å². The molecule has 0 aliphatic carbocycles. The smallest absolute Gasteiger partial charge is 0.462 e. The maximum Gasteiger partial charge on any atom is 0.472 e. The number of nitrogens with zero attached hydrogens (tertiary/aromatic N) is 1. The molecule has 0 amide bonds. The topological polar surface area (TPSA) is 108 Å². The van der Waals surface area contributed by atoms with Crippen LogP contribution in [0.5, 0.6) is 0 Å². The van der Waals surface area contributed by atoms with Crippen LogP contribution in [0, 0.1) is 0 Å². The van der Waals surface area contributed by atoms with Crippen LogP contribution in [-0.4, -0.2) is 74.9 Å². The van der Waals surface area contributed by atoms with Crippen LogP contribution in [0.1, 0.15) is 296 Å². The summed E-state index contributed by atoms with van der Waals surface area (Å²) in [6.45, 7) is 4.22. The predicted molar refractivity (Wildman–Crippen MR) is 390 cm³/mol.